The zero-order chi connectivity index (χ0) is 30.9. The summed E-state index contributed by atoms with van der Waals surface area (Å²) in [5.74, 6) is 1.88. The highest BCUT2D eigenvalue weighted by atomic mass is 32.1. The molecule has 2 N–H and O–H groups in total. The third kappa shape index (κ3) is 5.56. The lowest BCUT2D eigenvalue weighted by atomic mass is 9.96. The maximum Gasteiger partial charge on any atom is 0.262 e. The van der Waals surface area contributed by atoms with Crippen LogP contribution >= 0.6 is 12.2 Å². The summed E-state index contributed by atoms with van der Waals surface area (Å²) in [7, 11) is 0. The first-order chi connectivity index (χ1) is 22.0. The Morgan fingerprint density at radius 2 is 1.71 bits per heavy atom. The van der Waals surface area contributed by atoms with Gasteiger partial charge in [0.1, 0.15) is 5.75 Å². The number of aryl methyl sites for hydroxylation is 1. The van der Waals surface area contributed by atoms with Gasteiger partial charge in [0.05, 0.1) is 17.8 Å². The molecule has 1 amide bonds. The molecule has 0 aliphatic carbocycles. The number of hydrogen-bond acceptors (Lipinski definition) is 6. The van der Waals surface area contributed by atoms with Crippen molar-refractivity contribution in [3.05, 3.63) is 126 Å². The van der Waals surface area contributed by atoms with E-state index in [0.29, 0.717) is 16.5 Å². The van der Waals surface area contributed by atoms with Crippen LogP contribution in [0, 0.1) is 13.8 Å². The predicted octanol–water partition coefficient (Wildman–Crippen LogP) is 6.41. The molecule has 2 atom stereocenters. The third-order valence-electron chi connectivity index (χ3n) is 8.04. The average molecular weight is 618 g/mol. The first-order valence-corrected chi connectivity index (χ1v) is 15.0. The molecule has 0 unspecified atom stereocenters. The fraction of sp³-hybridized carbons (Fsp3) is 0.171. The molecule has 2 aliphatic heterocycles. The Bertz CT molecular complexity index is 1860. The molecule has 45 heavy (non-hydrogen) atoms. The van der Waals surface area contributed by atoms with Crippen LogP contribution in [0.3, 0.4) is 0 Å². The van der Waals surface area contributed by atoms with Crippen molar-refractivity contribution >= 4 is 34.6 Å². The highest BCUT2D eigenvalue weighted by Crippen LogP contribution is 2.44. The molecule has 0 saturated carbocycles. The molecule has 226 valence electrons. The van der Waals surface area contributed by atoms with Gasteiger partial charge >= 0.3 is 0 Å². The Morgan fingerprint density at radius 1 is 0.956 bits per heavy atom. The van der Waals surface area contributed by atoms with Gasteiger partial charge in [0.2, 0.25) is 6.79 Å². The second-order valence-corrected chi connectivity index (χ2v) is 11.3. The van der Waals surface area contributed by atoms with Crippen molar-refractivity contribution < 1.29 is 19.0 Å². The van der Waals surface area contributed by atoms with E-state index >= 15 is 0 Å². The monoisotopic (exact) mass is 617 g/mol. The fourth-order valence-electron chi connectivity index (χ4n) is 6.03. The number of carbonyl (C=O) groups is 1. The number of nitrogens with one attached hydrogen (secondary N) is 2. The lowest BCUT2D eigenvalue weighted by Crippen LogP contribution is -2.29. The molecule has 5 aromatic rings. The number of para-hydroxylation sites is 1. The Kier molecular flexibility index (Phi) is 7.56. The lowest BCUT2D eigenvalue weighted by Gasteiger charge is -2.28. The van der Waals surface area contributed by atoms with Gasteiger partial charge in [0.15, 0.2) is 23.2 Å². The molecule has 7 rings (SSSR count). The van der Waals surface area contributed by atoms with Crippen molar-refractivity contribution in [3.8, 4) is 22.9 Å². The van der Waals surface area contributed by atoms with Gasteiger partial charge in [-0.05, 0) is 98.4 Å². The predicted molar refractivity (Wildman–Crippen MR) is 176 cm³/mol. The van der Waals surface area contributed by atoms with Crippen molar-refractivity contribution in [3.63, 3.8) is 0 Å². The smallest absolute Gasteiger partial charge is 0.262 e. The van der Waals surface area contributed by atoms with E-state index in [2.05, 4.69) is 40.0 Å². The highest BCUT2D eigenvalue weighted by molar-refractivity contribution is 7.80. The van der Waals surface area contributed by atoms with E-state index in [4.69, 9.17) is 31.4 Å². The number of pyridine rings is 1. The normalized spacial score (nSPS) is 16.8. The number of thiocarbonyl (C=S) groups is 1. The first-order valence-electron chi connectivity index (χ1n) is 14.6. The van der Waals surface area contributed by atoms with Gasteiger partial charge in [0, 0.05) is 40.7 Å². The number of hydrogen-bond donors (Lipinski definition) is 2. The zero-order valence-corrected chi connectivity index (χ0v) is 25.6. The molecule has 2 aliphatic rings. The van der Waals surface area contributed by atoms with Crippen LogP contribution in [0.4, 0.5) is 11.4 Å². The van der Waals surface area contributed by atoms with Crippen molar-refractivity contribution in [2.75, 3.05) is 23.6 Å². The molecule has 0 spiro atoms. The van der Waals surface area contributed by atoms with Crippen LogP contribution in [0.5, 0.6) is 17.2 Å². The number of aromatic nitrogens is 2. The summed E-state index contributed by atoms with van der Waals surface area (Å²) in [4.78, 5) is 19.4. The van der Waals surface area contributed by atoms with Crippen LogP contribution in [-0.4, -0.2) is 34.0 Å². The van der Waals surface area contributed by atoms with E-state index in [9.17, 15) is 4.79 Å². The van der Waals surface area contributed by atoms with E-state index in [-0.39, 0.29) is 31.4 Å². The van der Waals surface area contributed by atoms with Crippen LogP contribution < -0.4 is 29.7 Å². The van der Waals surface area contributed by atoms with Crippen molar-refractivity contribution in [1.29, 1.82) is 0 Å². The van der Waals surface area contributed by atoms with E-state index < -0.39 is 0 Å². The topological polar surface area (TPSA) is 89.9 Å². The number of nitrogens with zero attached hydrogens (tertiary/aromatic N) is 3. The molecule has 1 fully saturated rings. The summed E-state index contributed by atoms with van der Waals surface area (Å²) in [6.45, 7) is 4.36. The quantitative estimate of drug-likeness (QED) is 0.193. The van der Waals surface area contributed by atoms with Crippen LogP contribution in [-0.2, 0) is 4.79 Å². The molecule has 2 aromatic heterocycles. The molecule has 3 aromatic carbocycles. The molecular formula is C35H31N5O4S. The summed E-state index contributed by atoms with van der Waals surface area (Å²) in [5, 5.41) is 7.04. The minimum absolute atomic E-state index is 0.0846. The molecule has 9 nitrogen and oxygen atoms in total. The van der Waals surface area contributed by atoms with Gasteiger partial charge < -0.3 is 34.3 Å². The summed E-state index contributed by atoms with van der Waals surface area (Å²) in [6, 6.07) is 30.7. The molecule has 0 radical (unpaired) electrons. The largest absolute Gasteiger partial charge is 0.484 e. The molecule has 10 heteroatoms. The minimum Gasteiger partial charge on any atom is -0.484 e. The second kappa shape index (κ2) is 12.0. The van der Waals surface area contributed by atoms with E-state index in [1.165, 1.54) is 0 Å². The van der Waals surface area contributed by atoms with E-state index in [1.807, 2.05) is 91.0 Å². The van der Waals surface area contributed by atoms with Crippen LogP contribution in [0.1, 0.15) is 34.7 Å². The zero-order valence-electron chi connectivity index (χ0n) is 24.8. The number of rotatable bonds is 8. The van der Waals surface area contributed by atoms with Crippen LogP contribution in [0.15, 0.2) is 103 Å². The van der Waals surface area contributed by atoms with Crippen LogP contribution in [0.25, 0.3) is 5.69 Å². The van der Waals surface area contributed by atoms with Gasteiger partial charge in [-0.1, -0.05) is 24.3 Å². The van der Waals surface area contributed by atoms with Crippen LogP contribution in [0.2, 0.25) is 0 Å². The second-order valence-electron chi connectivity index (χ2n) is 10.9. The number of fused-ring (bicyclic) bond motifs is 1. The Morgan fingerprint density at radius 3 is 2.49 bits per heavy atom. The molecular weight excluding hydrogens is 586 g/mol. The van der Waals surface area contributed by atoms with Gasteiger partial charge in [-0.25, -0.2) is 0 Å². The maximum absolute atomic E-state index is 12.6. The summed E-state index contributed by atoms with van der Waals surface area (Å²) >= 11 is 5.95. The average Bonchev–Trinajstić information content (AvgIpc) is 3.75. The van der Waals surface area contributed by atoms with Crippen molar-refractivity contribution in [1.82, 2.24) is 14.9 Å². The highest BCUT2D eigenvalue weighted by Gasteiger charge is 2.42. The maximum atomic E-state index is 12.6. The lowest BCUT2D eigenvalue weighted by molar-refractivity contribution is -0.118. The number of ether oxygens (including phenoxy) is 3. The number of amides is 1. The van der Waals surface area contributed by atoms with Gasteiger partial charge in [-0.3, -0.25) is 9.78 Å². The first kappa shape index (κ1) is 28.4. The van der Waals surface area contributed by atoms with Crippen molar-refractivity contribution in [2.45, 2.75) is 25.9 Å². The Hall–Kier alpha value is -5.35. The summed E-state index contributed by atoms with van der Waals surface area (Å²) < 4.78 is 19.0. The summed E-state index contributed by atoms with van der Waals surface area (Å²) in [6.07, 6.45) is 1.80. The SMILES string of the molecule is Cc1cc([C@@H]2[C@@H](c3ccccn3)NC(=S)N2c2ccc(NC(=O)COc3ccccc3)cc2)c(C)n1-c1ccc2c(c1)OCO2. The Balaban J connectivity index is 1.19. The fourth-order valence-corrected chi connectivity index (χ4v) is 6.37. The standard InChI is InChI=1S/C35H31N5O4S/c1-22-18-28(23(2)39(22)26-15-16-30-31(19-26)44-21-43-30)34-33(29-10-6-7-17-36-29)38-35(45)40(34)25-13-11-24(12-14-25)37-32(41)20-42-27-8-4-3-5-9-27/h3-19,33-34H,20-21H2,1-2H3,(H,37,41)(H,38,45)/t33-,34-/m1/s1. The van der Waals surface area contributed by atoms with Gasteiger partial charge in [-0.2, -0.15) is 0 Å². The number of carbonyl (C=O) groups excluding carboxylic acids is 1. The summed E-state index contributed by atoms with van der Waals surface area (Å²) in [5.41, 5.74) is 6.71. The number of benzene rings is 3. The van der Waals surface area contributed by atoms with E-state index in [0.717, 1.165) is 45.5 Å². The minimum atomic E-state index is -0.242. The molecule has 4 heterocycles. The van der Waals surface area contributed by atoms with Crippen molar-refractivity contribution in [2.24, 2.45) is 0 Å². The molecule has 0 bridgehead atoms. The Labute approximate surface area is 266 Å². The third-order valence-corrected chi connectivity index (χ3v) is 8.36. The number of anilines is 2. The van der Waals surface area contributed by atoms with Gasteiger partial charge in [0.25, 0.3) is 5.91 Å². The van der Waals surface area contributed by atoms with E-state index in [1.54, 1.807) is 6.20 Å². The van der Waals surface area contributed by atoms with Gasteiger partial charge in [-0.15, -0.1) is 0 Å². The molecule has 1 saturated heterocycles.